The van der Waals surface area contributed by atoms with Crippen LogP contribution in [-0.2, 0) is 19.6 Å². The topological polar surface area (TPSA) is 84.5 Å². The number of sulfonamides is 1. The molecular formula is C9H18N2O4S. The van der Waals surface area contributed by atoms with E-state index in [0.29, 0.717) is 6.54 Å². The van der Waals surface area contributed by atoms with Gasteiger partial charge in [-0.05, 0) is 12.8 Å². The number of amides is 1. The zero-order chi connectivity index (χ0) is 12.0. The monoisotopic (exact) mass is 250 g/mol. The minimum atomic E-state index is -3.27. The molecule has 16 heavy (non-hydrogen) atoms. The first-order valence-corrected chi connectivity index (χ1v) is 6.94. The van der Waals surface area contributed by atoms with E-state index >= 15 is 0 Å². The summed E-state index contributed by atoms with van der Waals surface area (Å²) in [5, 5.41) is 2.68. The molecule has 0 heterocycles. The highest BCUT2D eigenvalue weighted by Crippen LogP contribution is 2.28. The summed E-state index contributed by atoms with van der Waals surface area (Å²) in [6, 6.07) is 0. The molecule has 0 aromatic rings. The molecule has 0 saturated heterocycles. The minimum absolute atomic E-state index is 0.0242. The summed E-state index contributed by atoms with van der Waals surface area (Å²) in [5.41, 5.74) is 0. The molecule has 2 N–H and O–H groups in total. The van der Waals surface area contributed by atoms with E-state index in [2.05, 4.69) is 14.8 Å². The van der Waals surface area contributed by atoms with Crippen LogP contribution in [0.3, 0.4) is 0 Å². The molecule has 7 heteroatoms. The Balaban J connectivity index is 2.07. The van der Waals surface area contributed by atoms with Crippen molar-refractivity contribution in [3.63, 3.8) is 0 Å². The van der Waals surface area contributed by atoms with Gasteiger partial charge < -0.3 is 10.1 Å². The van der Waals surface area contributed by atoms with E-state index in [1.54, 1.807) is 0 Å². The lowest BCUT2D eigenvalue weighted by Crippen LogP contribution is -2.36. The van der Waals surface area contributed by atoms with E-state index in [-0.39, 0.29) is 30.7 Å². The Morgan fingerprint density at radius 3 is 2.62 bits per heavy atom. The Hall–Kier alpha value is -0.660. The molecule has 0 aromatic carbocycles. The molecule has 1 fully saturated rings. The van der Waals surface area contributed by atoms with Crippen molar-refractivity contribution >= 4 is 15.9 Å². The first kappa shape index (κ1) is 13.4. The number of methoxy groups -OCH3 is 1. The van der Waals surface area contributed by atoms with E-state index in [9.17, 15) is 13.2 Å². The van der Waals surface area contributed by atoms with Gasteiger partial charge in [0.05, 0.1) is 12.4 Å². The van der Waals surface area contributed by atoms with E-state index in [0.717, 1.165) is 12.8 Å². The molecule has 0 atom stereocenters. The lowest BCUT2D eigenvalue weighted by molar-refractivity contribution is -0.122. The molecule has 0 bridgehead atoms. The molecule has 0 radical (unpaired) electrons. The van der Waals surface area contributed by atoms with Crippen LogP contribution in [0.5, 0.6) is 0 Å². The van der Waals surface area contributed by atoms with Crippen LogP contribution in [0, 0.1) is 5.92 Å². The zero-order valence-corrected chi connectivity index (χ0v) is 10.2. The van der Waals surface area contributed by atoms with Gasteiger partial charge in [0.25, 0.3) is 0 Å². The predicted octanol–water partition coefficient (Wildman–Crippen LogP) is -0.922. The highest BCUT2D eigenvalue weighted by atomic mass is 32.2. The first-order chi connectivity index (χ1) is 7.55. The first-order valence-electron chi connectivity index (χ1n) is 5.29. The third-order valence-corrected chi connectivity index (χ3v) is 3.60. The Kier molecular flexibility index (Phi) is 5.17. The number of carbonyl (C=O) groups is 1. The fourth-order valence-electron chi connectivity index (χ4n) is 1.15. The molecule has 1 saturated carbocycles. The summed E-state index contributed by atoms with van der Waals surface area (Å²) >= 11 is 0. The van der Waals surface area contributed by atoms with Crippen LogP contribution < -0.4 is 10.0 Å². The second kappa shape index (κ2) is 6.17. The van der Waals surface area contributed by atoms with Crippen LogP contribution in [0.2, 0.25) is 0 Å². The zero-order valence-electron chi connectivity index (χ0n) is 9.36. The van der Waals surface area contributed by atoms with E-state index in [4.69, 9.17) is 0 Å². The molecule has 6 nitrogen and oxygen atoms in total. The normalized spacial score (nSPS) is 16.1. The van der Waals surface area contributed by atoms with Gasteiger partial charge in [0.15, 0.2) is 0 Å². The standard InChI is InChI=1S/C9H18N2O4S/c1-15-6-7-16(13,14)11-5-4-10-9(12)8-2-3-8/h8,11H,2-7H2,1H3,(H,10,12). The quantitative estimate of drug-likeness (QED) is 0.546. The average molecular weight is 250 g/mol. The summed E-state index contributed by atoms with van der Waals surface area (Å²) in [7, 11) is -1.82. The summed E-state index contributed by atoms with van der Waals surface area (Å²) in [6.07, 6.45) is 1.90. The van der Waals surface area contributed by atoms with Crippen LogP contribution >= 0.6 is 0 Å². The summed E-state index contributed by atoms with van der Waals surface area (Å²) in [6.45, 7) is 0.732. The Morgan fingerprint density at radius 2 is 2.06 bits per heavy atom. The van der Waals surface area contributed by atoms with Crippen LogP contribution in [0.4, 0.5) is 0 Å². The highest BCUT2D eigenvalue weighted by Gasteiger charge is 2.29. The summed E-state index contributed by atoms with van der Waals surface area (Å²) < 4.78 is 29.6. The van der Waals surface area contributed by atoms with Crippen molar-refractivity contribution in [3.8, 4) is 0 Å². The van der Waals surface area contributed by atoms with Gasteiger partial charge in [-0.15, -0.1) is 0 Å². The molecule has 94 valence electrons. The van der Waals surface area contributed by atoms with Crippen molar-refractivity contribution in [2.75, 3.05) is 32.6 Å². The van der Waals surface area contributed by atoms with Crippen LogP contribution in [0.25, 0.3) is 0 Å². The van der Waals surface area contributed by atoms with Crippen molar-refractivity contribution in [1.82, 2.24) is 10.0 Å². The number of hydrogen-bond acceptors (Lipinski definition) is 4. The smallest absolute Gasteiger partial charge is 0.223 e. The van der Waals surface area contributed by atoms with Gasteiger partial charge in [0.1, 0.15) is 0 Å². The Morgan fingerprint density at radius 1 is 1.38 bits per heavy atom. The largest absolute Gasteiger partial charge is 0.384 e. The van der Waals surface area contributed by atoms with Crippen molar-refractivity contribution < 1.29 is 17.9 Å². The van der Waals surface area contributed by atoms with Gasteiger partial charge in [0, 0.05) is 26.1 Å². The maximum Gasteiger partial charge on any atom is 0.223 e. The fourth-order valence-corrected chi connectivity index (χ4v) is 2.09. The number of hydrogen-bond donors (Lipinski definition) is 2. The molecule has 1 aliphatic carbocycles. The maximum absolute atomic E-state index is 11.3. The number of rotatable bonds is 8. The lowest BCUT2D eigenvalue weighted by atomic mass is 10.4. The molecule has 0 unspecified atom stereocenters. The Labute approximate surface area is 95.8 Å². The molecule has 0 aromatic heterocycles. The van der Waals surface area contributed by atoms with Gasteiger partial charge in [-0.2, -0.15) is 0 Å². The third-order valence-electron chi connectivity index (χ3n) is 2.25. The van der Waals surface area contributed by atoms with Crippen LogP contribution in [0.1, 0.15) is 12.8 Å². The second-order valence-corrected chi connectivity index (χ2v) is 5.70. The summed E-state index contributed by atoms with van der Waals surface area (Å²) in [4.78, 5) is 11.2. The second-order valence-electron chi connectivity index (χ2n) is 3.77. The number of carbonyl (C=O) groups excluding carboxylic acids is 1. The van der Waals surface area contributed by atoms with Gasteiger partial charge >= 0.3 is 0 Å². The predicted molar refractivity (Wildman–Crippen MR) is 59.4 cm³/mol. The SMILES string of the molecule is COCCS(=O)(=O)NCCNC(=O)C1CC1. The van der Waals surface area contributed by atoms with E-state index in [1.165, 1.54) is 7.11 Å². The molecule has 1 amide bonds. The Bertz CT molecular complexity index is 324. The molecule has 0 spiro atoms. The lowest BCUT2D eigenvalue weighted by Gasteiger charge is -2.07. The van der Waals surface area contributed by atoms with Crippen molar-refractivity contribution in [2.45, 2.75) is 12.8 Å². The molecule has 1 aliphatic rings. The van der Waals surface area contributed by atoms with Gasteiger partial charge in [-0.3, -0.25) is 4.79 Å². The van der Waals surface area contributed by atoms with Crippen molar-refractivity contribution in [3.05, 3.63) is 0 Å². The maximum atomic E-state index is 11.3. The fraction of sp³-hybridized carbons (Fsp3) is 0.889. The van der Waals surface area contributed by atoms with E-state index in [1.807, 2.05) is 0 Å². The molecular weight excluding hydrogens is 232 g/mol. The van der Waals surface area contributed by atoms with Crippen LogP contribution in [0.15, 0.2) is 0 Å². The number of ether oxygens (including phenoxy) is 1. The van der Waals surface area contributed by atoms with E-state index < -0.39 is 10.0 Å². The highest BCUT2D eigenvalue weighted by molar-refractivity contribution is 7.89. The third kappa shape index (κ3) is 5.43. The average Bonchev–Trinajstić information content (AvgIpc) is 3.05. The van der Waals surface area contributed by atoms with Gasteiger partial charge in [-0.1, -0.05) is 0 Å². The van der Waals surface area contributed by atoms with Crippen LogP contribution in [-0.4, -0.2) is 46.9 Å². The summed E-state index contributed by atoms with van der Waals surface area (Å²) in [5.74, 6) is 0.126. The number of nitrogens with one attached hydrogen (secondary N) is 2. The molecule has 0 aliphatic heterocycles. The van der Waals surface area contributed by atoms with Crippen molar-refractivity contribution in [2.24, 2.45) is 5.92 Å². The van der Waals surface area contributed by atoms with Gasteiger partial charge in [-0.25, -0.2) is 13.1 Å². The minimum Gasteiger partial charge on any atom is -0.384 e. The van der Waals surface area contributed by atoms with Crippen molar-refractivity contribution in [1.29, 1.82) is 0 Å². The molecule has 1 rings (SSSR count). The van der Waals surface area contributed by atoms with Gasteiger partial charge in [0.2, 0.25) is 15.9 Å².